The van der Waals surface area contributed by atoms with Crippen LogP contribution in [0.1, 0.15) is 27.7 Å². The number of rotatable bonds is 6. The van der Waals surface area contributed by atoms with Crippen LogP contribution in [-0.2, 0) is 4.79 Å². The third-order valence-corrected chi connectivity index (χ3v) is 3.56. The second kappa shape index (κ2) is 6.57. The number of alkyl halides is 1. The fourth-order valence-corrected chi connectivity index (χ4v) is 1.57. The molecule has 0 saturated heterocycles. The van der Waals surface area contributed by atoms with Crippen LogP contribution in [0.15, 0.2) is 0 Å². The first kappa shape index (κ1) is 14.1. The minimum Gasteiger partial charge on any atom is -0.355 e. The molecule has 0 fully saturated rings. The van der Waals surface area contributed by atoms with Crippen molar-refractivity contribution < 1.29 is 4.79 Å². The van der Waals surface area contributed by atoms with Gasteiger partial charge in [0.1, 0.15) is 0 Å². The van der Waals surface area contributed by atoms with E-state index in [9.17, 15) is 4.79 Å². The Balaban J connectivity index is 3.64. The largest absolute Gasteiger partial charge is 0.355 e. The molecule has 0 radical (unpaired) electrons. The molecule has 0 heterocycles. The SMILES string of the molecule is CC(C)SCCNC(=O)C(C)(C)CCl. The van der Waals surface area contributed by atoms with Crippen LogP contribution in [0, 0.1) is 5.41 Å². The molecule has 0 aromatic rings. The van der Waals surface area contributed by atoms with Gasteiger partial charge in [-0.25, -0.2) is 0 Å². The van der Waals surface area contributed by atoms with Crippen LogP contribution in [0.2, 0.25) is 0 Å². The third-order valence-electron chi connectivity index (χ3n) is 1.79. The van der Waals surface area contributed by atoms with E-state index in [2.05, 4.69) is 19.2 Å². The van der Waals surface area contributed by atoms with E-state index in [0.29, 0.717) is 11.1 Å². The Labute approximate surface area is 96.2 Å². The van der Waals surface area contributed by atoms with E-state index in [1.165, 1.54) is 0 Å². The van der Waals surface area contributed by atoms with Gasteiger partial charge in [-0.2, -0.15) is 11.8 Å². The zero-order valence-corrected chi connectivity index (χ0v) is 11.0. The molecule has 0 aromatic heterocycles. The fourth-order valence-electron chi connectivity index (χ4n) is 0.759. The molecule has 0 atom stereocenters. The average molecular weight is 238 g/mol. The number of halogens is 1. The molecule has 0 aliphatic carbocycles. The number of thioether (sulfide) groups is 1. The topological polar surface area (TPSA) is 29.1 Å². The molecule has 0 saturated carbocycles. The lowest BCUT2D eigenvalue weighted by Crippen LogP contribution is -2.39. The lowest BCUT2D eigenvalue weighted by atomic mass is 9.95. The van der Waals surface area contributed by atoms with E-state index < -0.39 is 5.41 Å². The maximum Gasteiger partial charge on any atom is 0.226 e. The van der Waals surface area contributed by atoms with E-state index in [1.54, 1.807) is 0 Å². The Morgan fingerprint density at radius 2 is 2.07 bits per heavy atom. The van der Waals surface area contributed by atoms with E-state index in [1.807, 2.05) is 25.6 Å². The lowest BCUT2D eigenvalue weighted by molar-refractivity contribution is -0.128. The lowest BCUT2D eigenvalue weighted by Gasteiger charge is -2.20. The predicted octanol–water partition coefficient (Wildman–Crippen LogP) is 2.51. The summed E-state index contributed by atoms with van der Waals surface area (Å²) in [5, 5.41) is 3.50. The summed E-state index contributed by atoms with van der Waals surface area (Å²) in [5.74, 6) is 1.36. The zero-order valence-electron chi connectivity index (χ0n) is 9.39. The van der Waals surface area contributed by atoms with Gasteiger partial charge < -0.3 is 5.32 Å². The summed E-state index contributed by atoms with van der Waals surface area (Å²) in [7, 11) is 0. The molecule has 4 heteroatoms. The smallest absolute Gasteiger partial charge is 0.226 e. The molecule has 2 nitrogen and oxygen atoms in total. The molecule has 14 heavy (non-hydrogen) atoms. The van der Waals surface area contributed by atoms with Gasteiger partial charge in [-0.15, -0.1) is 11.6 Å². The molecule has 1 N–H and O–H groups in total. The highest BCUT2D eigenvalue weighted by atomic mass is 35.5. The van der Waals surface area contributed by atoms with Crippen LogP contribution in [0.3, 0.4) is 0 Å². The average Bonchev–Trinajstić information content (AvgIpc) is 2.11. The highest BCUT2D eigenvalue weighted by Crippen LogP contribution is 2.16. The highest BCUT2D eigenvalue weighted by Gasteiger charge is 2.25. The molecule has 0 rings (SSSR count). The van der Waals surface area contributed by atoms with Gasteiger partial charge in [0, 0.05) is 18.2 Å². The van der Waals surface area contributed by atoms with Crippen LogP contribution < -0.4 is 5.32 Å². The molecule has 0 spiro atoms. The van der Waals surface area contributed by atoms with Crippen molar-refractivity contribution in [3.8, 4) is 0 Å². The normalized spacial score (nSPS) is 11.9. The molecular weight excluding hydrogens is 218 g/mol. The summed E-state index contributed by atoms with van der Waals surface area (Å²) >= 11 is 7.53. The molecule has 1 amide bonds. The van der Waals surface area contributed by atoms with Crippen LogP contribution in [-0.4, -0.2) is 29.3 Å². The van der Waals surface area contributed by atoms with Crippen LogP contribution in [0.5, 0.6) is 0 Å². The van der Waals surface area contributed by atoms with Gasteiger partial charge in [0.15, 0.2) is 0 Å². The second-order valence-corrected chi connectivity index (χ2v) is 6.14. The molecule has 0 aliphatic rings. The summed E-state index contributed by atoms with van der Waals surface area (Å²) < 4.78 is 0. The molecule has 84 valence electrons. The minimum absolute atomic E-state index is 0.0388. The van der Waals surface area contributed by atoms with Gasteiger partial charge in [0.2, 0.25) is 5.91 Å². The summed E-state index contributed by atoms with van der Waals surface area (Å²) in [6, 6.07) is 0. The maximum absolute atomic E-state index is 11.5. The van der Waals surface area contributed by atoms with E-state index in [-0.39, 0.29) is 5.91 Å². The first-order valence-electron chi connectivity index (χ1n) is 4.86. The number of nitrogens with one attached hydrogen (secondary N) is 1. The van der Waals surface area contributed by atoms with Crippen molar-refractivity contribution in [2.75, 3.05) is 18.2 Å². The Bertz CT molecular complexity index is 183. The van der Waals surface area contributed by atoms with Crippen LogP contribution >= 0.6 is 23.4 Å². The van der Waals surface area contributed by atoms with Gasteiger partial charge in [0.05, 0.1) is 5.41 Å². The Hall–Kier alpha value is 0.110. The van der Waals surface area contributed by atoms with Gasteiger partial charge >= 0.3 is 0 Å². The predicted molar refractivity (Wildman–Crippen MR) is 65.1 cm³/mol. The van der Waals surface area contributed by atoms with E-state index in [4.69, 9.17) is 11.6 Å². The minimum atomic E-state index is -0.454. The van der Waals surface area contributed by atoms with E-state index >= 15 is 0 Å². The third kappa shape index (κ3) is 5.76. The van der Waals surface area contributed by atoms with Crippen molar-refractivity contribution in [2.45, 2.75) is 32.9 Å². The van der Waals surface area contributed by atoms with Crippen molar-refractivity contribution >= 4 is 29.3 Å². The first-order valence-corrected chi connectivity index (χ1v) is 6.44. The first-order chi connectivity index (χ1) is 6.40. The summed E-state index contributed by atoms with van der Waals surface area (Å²) in [5.41, 5.74) is -0.454. The summed E-state index contributed by atoms with van der Waals surface area (Å²) in [6.07, 6.45) is 0. The van der Waals surface area contributed by atoms with Gasteiger partial charge in [-0.05, 0) is 19.1 Å². The van der Waals surface area contributed by atoms with Gasteiger partial charge in [0.25, 0.3) is 0 Å². The number of carbonyl (C=O) groups is 1. The van der Waals surface area contributed by atoms with Crippen molar-refractivity contribution in [1.29, 1.82) is 0 Å². The zero-order chi connectivity index (χ0) is 11.2. The number of carbonyl (C=O) groups excluding carboxylic acids is 1. The Morgan fingerprint density at radius 3 is 2.50 bits per heavy atom. The fraction of sp³-hybridized carbons (Fsp3) is 0.900. The highest BCUT2D eigenvalue weighted by molar-refractivity contribution is 7.99. The molecule has 0 aliphatic heterocycles. The van der Waals surface area contributed by atoms with Crippen molar-refractivity contribution in [3.05, 3.63) is 0 Å². The second-order valence-electron chi connectivity index (χ2n) is 4.19. The monoisotopic (exact) mass is 237 g/mol. The standard InChI is InChI=1S/C10H20ClNOS/c1-8(2)14-6-5-12-9(13)10(3,4)7-11/h8H,5-7H2,1-4H3,(H,12,13). The van der Waals surface area contributed by atoms with Crippen molar-refractivity contribution in [3.63, 3.8) is 0 Å². The number of amides is 1. The number of hydrogen-bond donors (Lipinski definition) is 1. The maximum atomic E-state index is 11.5. The Kier molecular flexibility index (Phi) is 6.62. The molecule has 0 bridgehead atoms. The quantitative estimate of drug-likeness (QED) is 0.568. The Morgan fingerprint density at radius 1 is 1.50 bits per heavy atom. The van der Waals surface area contributed by atoms with Crippen LogP contribution in [0.4, 0.5) is 0 Å². The molecular formula is C10H20ClNOS. The number of hydrogen-bond acceptors (Lipinski definition) is 2. The van der Waals surface area contributed by atoms with Crippen molar-refractivity contribution in [2.24, 2.45) is 5.41 Å². The van der Waals surface area contributed by atoms with Gasteiger partial charge in [-0.1, -0.05) is 13.8 Å². The summed E-state index contributed by atoms with van der Waals surface area (Å²) in [4.78, 5) is 11.5. The summed E-state index contributed by atoms with van der Waals surface area (Å²) in [6.45, 7) is 8.72. The van der Waals surface area contributed by atoms with E-state index in [0.717, 1.165) is 12.3 Å². The molecule has 0 aromatic carbocycles. The molecule has 0 unspecified atom stereocenters. The van der Waals surface area contributed by atoms with Crippen LogP contribution in [0.25, 0.3) is 0 Å². The van der Waals surface area contributed by atoms with Gasteiger partial charge in [-0.3, -0.25) is 4.79 Å². The van der Waals surface area contributed by atoms with Crippen molar-refractivity contribution in [1.82, 2.24) is 5.32 Å².